The molecule has 2 rings (SSSR count). The molecule has 1 heterocycles. The van der Waals surface area contributed by atoms with Crippen LogP contribution in [0, 0.1) is 29.9 Å². The SMILES string of the molecule is Cc1csc([C@@H](C#N)C=N[C@H](C)c2ccc(F)cc2F)n1. The molecule has 0 aliphatic rings. The Morgan fingerprint density at radius 3 is 2.76 bits per heavy atom. The maximum absolute atomic E-state index is 13.6. The Labute approximate surface area is 125 Å². The molecule has 21 heavy (non-hydrogen) atoms. The highest BCUT2D eigenvalue weighted by molar-refractivity contribution is 7.09. The summed E-state index contributed by atoms with van der Waals surface area (Å²) in [5.74, 6) is -1.83. The molecule has 0 amide bonds. The van der Waals surface area contributed by atoms with Gasteiger partial charge in [0.1, 0.15) is 22.6 Å². The molecule has 0 spiro atoms. The van der Waals surface area contributed by atoms with Crippen molar-refractivity contribution in [3.05, 3.63) is 51.5 Å². The molecule has 1 aromatic heterocycles. The minimum absolute atomic E-state index is 0.291. The van der Waals surface area contributed by atoms with Crippen LogP contribution in [0.3, 0.4) is 0 Å². The Bertz CT molecular complexity index is 703. The molecule has 3 nitrogen and oxygen atoms in total. The number of rotatable bonds is 4. The van der Waals surface area contributed by atoms with Crippen molar-refractivity contribution in [3.63, 3.8) is 0 Å². The van der Waals surface area contributed by atoms with E-state index in [0.29, 0.717) is 10.6 Å². The normalized spacial score (nSPS) is 14.0. The first kappa shape index (κ1) is 15.3. The number of nitrogens with zero attached hydrogens (tertiary/aromatic N) is 3. The third kappa shape index (κ3) is 3.70. The minimum Gasteiger partial charge on any atom is -0.288 e. The van der Waals surface area contributed by atoms with Crippen LogP contribution in [-0.2, 0) is 0 Å². The number of benzene rings is 1. The second kappa shape index (κ2) is 6.55. The molecule has 0 saturated heterocycles. The van der Waals surface area contributed by atoms with Crippen LogP contribution in [0.4, 0.5) is 8.78 Å². The Balaban J connectivity index is 2.17. The van der Waals surface area contributed by atoms with Gasteiger partial charge in [-0.25, -0.2) is 13.8 Å². The average molecular weight is 305 g/mol. The fourth-order valence-electron chi connectivity index (χ4n) is 1.80. The molecular weight excluding hydrogens is 292 g/mol. The largest absolute Gasteiger partial charge is 0.288 e. The summed E-state index contributed by atoms with van der Waals surface area (Å²) in [5.41, 5.74) is 1.14. The van der Waals surface area contributed by atoms with Gasteiger partial charge in [-0.05, 0) is 19.9 Å². The van der Waals surface area contributed by atoms with Crippen LogP contribution < -0.4 is 0 Å². The smallest absolute Gasteiger partial charge is 0.133 e. The maximum Gasteiger partial charge on any atom is 0.133 e. The van der Waals surface area contributed by atoms with Crippen molar-refractivity contribution in [1.29, 1.82) is 5.26 Å². The quantitative estimate of drug-likeness (QED) is 0.796. The molecule has 0 bridgehead atoms. The lowest BCUT2D eigenvalue weighted by Gasteiger charge is -2.08. The fourth-order valence-corrected chi connectivity index (χ4v) is 2.60. The zero-order valence-corrected chi connectivity index (χ0v) is 12.4. The number of hydrogen-bond acceptors (Lipinski definition) is 4. The lowest BCUT2D eigenvalue weighted by atomic mass is 10.1. The van der Waals surface area contributed by atoms with Crippen LogP contribution in [0.1, 0.15) is 35.1 Å². The molecule has 0 saturated carbocycles. The number of thiazole rings is 1. The van der Waals surface area contributed by atoms with E-state index in [1.807, 2.05) is 12.3 Å². The summed E-state index contributed by atoms with van der Waals surface area (Å²) >= 11 is 1.39. The van der Waals surface area contributed by atoms with E-state index in [1.165, 1.54) is 29.7 Å². The van der Waals surface area contributed by atoms with Gasteiger partial charge in [0.05, 0.1) is 12.1 Å². The molecule has 2 aromatic rings. The number of halogens is 2. The van der Waals surface area contributed by atoms with Gasteiger partial charge in [0, 0.05) is 28.9 Å². The van der Waals surface area contributed by atoms with E-state index in [9.17, 15) is 8.78 Å². The highest BCUT2D eigenvalue weighted by Gasteiger charge is 2.14. The minimum atomic E-state index is -0.641. The van der Waals surface area contributed by atoms with E-state index in [4.69, 9.17) is 5.26 Å². The van der Waals surface area contributed by atoms with E-state index < -0.39 is 23.6 Å². The van der Waals surface area contributed by atoms with Gasteiger partial charge in [0.2, 0.25) is 0 Å². The number of aryl methyl sites for hydroxylation is 1. The van der Waals surface area contributed by atoms with Gasteiger partial charge < -0.3 is 0 Å². The number of aliphatic imine (C=N–C) groups is 1. The fraction of sp³-hybridized carbons (Fsp3) is 0.267. The van der Waals surface area contributed by atoms with E-state index in [1.54, 1.807) is 6.92 Å². The van der Waals surface area contributed by atoms with Crippen LogP contribution in [-0.4, -0.2) is 11.2 Å². The van der Waals surface area contributed by atoms with Crippen molar-refractivity contribution in [2.75, 3.05) is 0 Å². The molecule has 6 heteroatoms. The first-order chi connectivity index (χ1) is 10.0. The lowest BCUT2D eigenvalue weighted by molar-refractivity contribution is 0.562. The third-order valence-electron chi connectivity index (χ3n) is 2.91. The van der Waals surface area contributed by atoms with Crippen molar-refractivity contribution in [2.24, 2.45) is 4.99 Å². The predicted molar refractivity (Wildman–Crippen MR) is 78.5 cm³/mol. The van der Waals surface area contributed by atoms with Gasteiger partial charge in [-0.3, -0.25) is 4.99 Å². The standard InChI is InChI=1S/C15H13F2N3S/c1-9-8-21-15(20-9)11(6-18)7-19-10(2)13-4-3-12(16)5-14(13)17/h3-5,7-8,10-11H,1-2H3/t10-,11+/m1/s1. The monoisotopic (exact) mass is 305 g/mol. The first-order valence-corrected chi connectivity index (χ1v) is 7.19. The van der Waals surface area contributed by atoms with Crippen molar-refractivity contribution in [3.8, 4) is 6.07 Å². The van der Waals surface area contributed by atoms with Crippen molar-refractivity contribution in [2.45, 2.75) is 25.8 Å². The molecule has 0 N–H and O–H groups in total. The molecule has 0 aliphatic carbocycles. The zero-order valence-electron chi connectivity index (χ0n) is 11.5. The topological polar surface area (TPSA) is 49.0 Å². The summed E-state index contributed by atoms with van der Waals surface area (Å²) < 4.78 is 26.5. The Kier molecular flexibility index (Phi) is 4.76. The molecule has 0 fully saturated rings. The summed E-state index contributed by atoms with van der Waals surface area (Å²) in [7, 11) is 0. The van der Waals surface area contributed by atoms with E-state index in [0.717, 1.165) is 11.8 Å². The molecular formula is C15H13F2N3S. The van der Waals surface area contributed by atoms with Gasteiger partial charge in [0.25, 0.3) is 0 Å². The van der Waals surface area contributed by atoms with Gasteiger partial charge in [-0.15, -0.1) is 11.3 Å². The van der Waals surface area contributed by atoms with Crippen LogP contribution in [0.5, 0.6) is 0 Å². The van der Waals surface area contributed by atoms with E-state index >= 15 is 0 Å². The molecule has 0 radical (unpaired) electrons. The van der Waals surface area contributed by atoms with Crippen LogP contribution >= 0.6 is 11.3 Å². The number of hydrogen-bond donors (Lipinski definition) is 0. The number of aromatic nitrogens is 1. The Hall–Kier alpha value is -2.13. The summed E-state index contributed by atoms with van der Waals surface area (Å²) in [6.45, 7) is 3.54. The third-order valence-corrected chi connectivity index (χ3v) is 3.96. The summed E-state index contributed by atoms with van der Waals surface area (Å²) in [6.07, 6.45) is 1.46. The Morgan fingerprint density at radius 2 is 2.19 bits per heavy atom. The van der Waals surface area contributed by atoms with Gasteiger partial charge in [0.15, 0.2) is 0 Å². The zero-order chi connectivity index (χ0) is 15.4. The second-order valence-electron chi connectivity index (χ2n) is 4.57. The second-order valence-corrected chi connectivity index (χ2v) is 5.46. The van der Waals surface area contributed by atoms with Crippen molar-refractivity contribution >= 4 is 17.6 Å². The predicted octanol–water partition coefficient (Wildman–Crippen LogP) is 4.17. The summed E-state index contributed by atoms with van der Waals surface area (Å²) in [4.78, 5) is 8.44. The molecule has 108 valence electrons. The molecule has 0 unspecified atom stereocenters. The number of nitriles is 1. The van der Waals surface area contributed by atoms with Crippen LogP contribution in [0.15, 0.2) is 28.6 Å². The van der Waals surface area contributed by atoms with Gasteiger partial charge in [-0.1, -0.05) is 6.07 Å². The van der Waals surface area contributed by atoms with Crippen LogP contribution in [0.2, 0.25) is 0 Å². The van der Waals surface area contributed by atoms with Crippen molar-refractivity contribution < 1.29 is 8.78 Å². The highest BCUT2D eigenvalue weighted by Crippen LogP contribution is 2.23. The highest BCUT2D eigenvalue weighted by atomic mass is 32.1. The van der Waals surface area contributed by atoms with E-state index in [2.05, 4.69) is 16.0 Å². The maximum atomic E-state index is 13.6. The molecule has 1 aromatic carbocycles. The molecule has 2 atom stereocenters. The Morgan fingerprint density at radius 1 is 1.43 bits per heavy atom. The van der Waals surface area contributed by atoms with Crippen LogP contribution in [0.25, 0.3) is 0 Å². The molecule has 0 aliphatic heterocycles. The summed E-state index contributed by atoms with van der Waals surface area (Å²) in [6, 6.07) is 4.99. The lowest BCUT2D eigenvalue weighted by Crippen LogP contribution is -2.00. The van der Waals surface area contributed by atoms with Crippen molar-refractivity contribution in [1.82, 2.24) is 4.98 Å². The average Bonchev–Trinajstić information content (AvgIpc) is 2.86. The van der Waals surface area contributed by atoms with Gasteiger partial charge in [-0.2, -0.15) is 5.26 Å². The van der Waals surface area contributed by atoms with E-state index in [-0.39, 0.29) is 0 Å². The first-order valence-electron chi connectivity index (χ1n) is 6.31. The van der Waals surface area contributed by atoms with Gasteiger partial charge >= 0.3 is 0 Å². The summed E-state index contributed by atoms with van der Waals surface area (Å²) in [5, 5.41) is 11.7.